The summed E-state index contributed by atoms with van der Waals surface area (Å²) in [6.07, 6.45) is 2.93. The lowest BCUT2D eigenvalue weighted by atomic mass is 9.95. The smallest absolute Gasteiger partial charge is 0.295 e. The first-order chi connectivity index (χ1) is 15.5. The van der Waals surface area contributed by atoms with Crippen molar-refractivity contribution in [2.45, 2.75) is 6.04 Å². The third kappa shape index (κ3) is 4.23. The molecule has 2 aliphatic rings. The maximum absolute atomic E-state index is 13.0. The molecular formula is C22H22N4O6. The Balaban J connectivity index is 1.76. The molecule has 0 bridgehead atoms. The molecule has 2 saturated heterocycles. The Morgan fingerprint density at radius 3 is 2.56 bits per heavy atom. The van der Waals surface area contributed by atoms with Gasteiger partial charge in [-0.2, -0.15) is 0 Å². The fourth-order valence-electron chi connectivity index (χ4n) is 4.00. The van der Waals surface area contributed by atoms with Gasteiger partial charge in [0.25, 0.3) is 17.4 Å². The van der Waals surface area contributed by atoms with Crippen molar-refractivity contribution in [2.75, 3.05) is 39.4 Å². The summed E-state index contributed by atoms with van der Waals surface area (Å²) < 4.78 is 5.35. The van der Waals surface area contributed by atoms with Gasteiger partial charge in [-0.1, -0.05) is 12.1 Å². The Kier molecular flexibility index (Phi) is 6.24. The van der Waals surface area contributed by atoms with Crippen molar-refractivity contribution in [1.29, 1.82) is 0 Å². The number of ketones is 1. The lowest BCUT2D eigenvalue weighted by Crippen LogP contribution is -2.42. The van der Waals surface area contributed by atoms with Gasteiger partial charge in [-0.25, -0.2) is 0 Å². The second-order valence-electron chi connectivity index (χ2n) is 7.53. The highest BCUT2D eigenvalue weighted by Crippen LogP contribution is 2.40. The summed E-state index contributed by atoms with van der Waals surface area (Å²) in [7, 11) is 0. The van der Waals surface area contributed by atoms with Crippen molar-refractivity contribution in [2.24, 2.45) is 0 Å². The molecule has 1 aromatic heterocycles. The molecule has 32 heavy (non-hydrogen) atoms. The molecule has 0 aliphatic carbocycles. The third-order valence-corrected chi connectivity index (χ3v) is 5.65. The number of likely N-dealkylation sites (tertiary alicyclic amines) is 1. The molecule has 0 saturated carbocycles. The van der Waals surface area contributed by atoms with Gasteiger partial charge in [0.1, 0.15) is 5.76 Å². The molecule has 1 aromatic carbocycles. The molecule has 10 heteroatoms. The molecule has 0 spiro atoms. The minimum absolute atomic E-state index is 0.0938. The number of non-ortho nitro benzene ring substituents is 1. The molecule has 2 fully saturated rings. The Bertz CT molecular complexity index is 1070. The van der Waals surface area contributed by atoms with Crippen LogP contribution in [0.5, 0.6) is 0 Å². The van der Waals surface area contributed by atoms with Gasteiger partial charge in [0.05, 0.1) is 29.8 Å². The van der Waals surface area contributed by atoms with Crippen LogP contribution in [0.25, 0.3) is 5.76 Å². The summed E-state index contributed by atoms with van der Waals surface area (Å²) >= 11 is 0. The fraction of sp³-hybridized carbons (Fsp3) is 0.318. The van der Waals surface area contributed by atoms with Crippen molar-refractivity contribution in [3.05, 3.63) is 75.6 Å². The second kappa shape index (κ2) is 9.25. The van der Waals surface area contributed by atoms with Crippen molar-refractivity contribution in [3.8, 4) is 0 Å². The van der Waals surface area contributed by atoms with Gasteiger partial charge >= 0.3 is 0 Å². The topological polar surface area (TPSA) is 126 Å². The van der Waals surface area contributed by atoms with E-state index in [0.29, 0.717) is 44.0 Å². The van der Waals surface area contributed by atoms with Crippen molar-refractivity contribution < 1.29 is 24.4 Å². The molecule has 0 radical (unpaired) electrons. The number of benzene rings is 1. The van der Waals surface area contributed by atoms with Crippen LogP contribution < -0.4 is 0 Å². The SMILES string of the molecule is O=C1C(=O)N(CCN2CCOCC2)C(c2cccc([N+](=O)[O-])c2)C1=C(O)c1ccncc1. The van der Waals surface area contributed by atoms with Crippen molar-refractivity contribution >= 4 is 23.1 Å². The summed E-state index contributed by atoms with van der Waals surface area (Å²) in [4.78, 5) is 44.1. The highest BCUT2D eigenvalue weighted by molar-refractivity contribution is 6.46. The lowest BCUT2D eigenvalue weighted by molar-refractivity contribution is -0.384. The van der Waals surface area contributed by atoms with Crippen LogP contribution in [0.3, 0.4) is 0 Å². The first-order valence-electron chi connectivity index (χ1n) is 10.2. The van der Waals surface area contributed by atoms with Gasteiger partial charge in [0, 0.05) is 56.3 Å². The number of pyridine rings is 1. The number of amides is 1. The minimum atomic E-state index is -0.941. The summed E-state index contributed by atoms with van der Waals surface area (Å²) in [5.41, 5.74) is 0.464. The molecule has 1 amide bonds. The van der Waals surface area contributed by atoms with Gasteiger partial charge in [-0.15, -0.1) is 0 Å². The van der Waals surface area contributed by atoms with Crippen molar-refractivity contribution in [1.82, 2.24) is 14.8 Å². The molecule has 3 heterocycles. The number of carbonyl (C=O) groups is 2. The van der Waals surface area contributed by atoms with Crippen LogP contribution in [-0.4, -0.2) is 75.9 Å². The van der Waals surface area contributed by atoms with E-state index in [1.165, 1.54) is 47.6 Å². The third-order valence-electron chi connectivity index (χ3n) is 5.65. The van der Waals surface area contributed by atoms with Gasteiger partial charge in [0.15, 0.2) is 0 Å². The summed E-state index contributed by atoms with van der Waals surface area (Å²) in [6.45, 7) is 3.34. The number of Topliss-reactive ketones (excluding diaryl/α,β-unsaturated/α-hetero) is 1. The van der Waals surface area contributed by atoms with Crippen LogP contribution in [0.1, 0.15) is 17.2 Å². The number of nitro benzene ring substituents is 1. The van der Waals surface area contributed by atoms with E-state index in [4.69, 9.17) is 4.74 Å². The van der Waals surface area contributed by atoms with E-state index in [-0.39, 0.29) is 23.6 Å². The van der Waals surface area contributed by atoms with E-state index < -0.39 is 22.7 Å². The maximum Gasteiger partial charge on any atom is 0.295 e. The van der Waals surface area contributed by atoms with Crippen LogP contribution in [0.15, 0.2) is 54.4 Å². The van der Waals surface area contributed by atoms with Crippen LogP contribution in [0.2, 0.25) is 0 Å². The number of ether oxygens (including phenoxy) is 1. The zero-order valence-electron chi connectivity index (χ0n) is 17.2. The van der Waals surface area contributed by atoms with Gasteiger partial charge in [-0.3, -0.25) is 29.6 Å². The van der Waals surface area contributed by atoms with Crippen LogP contribution in [-0.2, 0) is 14.3 Å². The summed E-state index contributed by atoms with van der Waals surface area (Å²) in [5.74, 6) is -1.90. The average molecular weight is 438 g/mol. The maximum atomic E-state index is 13.0. The zero-order valence-corrected chi connectivity index (χ0v) is 17.2. The number of hydrogen-bond acceptors (Lipinski definition) is 8. The Hall–Kier alpha value is -3.63. The Morgan fingerprint density at radius 1 is 1.16 bits per heavy atom. The normalized spacial score (nSPS) is 21.1. The number of nitro groups is 1. The first kappa shape index (κ1) is 21.6. The number of aromatic nitrogens is 1. The number of aliphatic hydroxyl groups is 1. The highest BCUT2D eigenvalue weighted by atomic mass is 16.6. The van der Waals surface area contributed by atoms with Gasteiger partial charge in [0.2, 0.25) is 0 Å². The van der Waals surface area contributed by atoms with E-state index in [9.17, 15) is 24.8 Å². The first-order valence-corrected chi connectivity index (χ1v) is 10.2. The average Bonchev–Trinajstić information content (AvgIpc) is 3.08. The van der Waals surface area contributed by atoms with Gasteiger partial charge < -0.3 is 14.7 Å². The monoisotopic (exact) mass is 438 g/mol. The lowest BCUT2D eigenvalue weighted by Gasteiger charge is -2.31. The number of carbonyl (C=O) groups excluding carboxylic acids is 2. The van der Waals surface area contributed by atoms with Crippen molar-refractivity contribution in [3.63, 3.8) is 0 Å². The second-order valence-corrected chi connectivity index (χ2v) is 7.53. The van der Waals surface area contributed by atoms with E-state index in [1.54, 1.807) is 6.07 Å². The Morgan fingerprint density at radius 2 is 1.88 bits per heavy atom. The number of nitrogens with zero attached hydrogens (tertiary/aromatic N) is 4. The van der Waals surface area contributed by atoms with E-state index in [2.05, 4.69) is 9.88 Å². The fourth-order valence-corrected chi connectivity index (χ4v) is 4.00. The largest absolute Gasteiger partial charge is 0.507 e. The molecule has 10 nitrogen and oxygen atoms in total. The van der Waals surface area contributed by atoms with Gasteiger partial charge in [-0.05, 0) is 17.7 Å². The molecule has 4 rings (SSSR count). The summed E-state index contributed by atoms with van der Waals surface area (Å²) in [5, 5.41) is 22.3. The summed E-state index contributed by atoms with van der Waals surface area (Å²) in [6, 6.07) is 7.91. The number of hydrogen-bond donors (Lipinski definition) is 1. The zero-order chi connectivity index (χ0) is 22.7. The van der Waals surface area contributed by atoms with Crippen LogP contribution in [0.4, 0.5) is 5.69 Å². The number of morpholine rings is 1. The molecule has 2 aromatic rings. The number of aliphatic hydroxyl groups excluding tert-OH is 1. The molecule has 166 valence electrons. The predicted molar refractivity (Wildman–Crippen MR) is 114 cm³/mol. The highest BCUT2D eigenvalue weighted by Gasteiger charge is 2.46. The Labute approximate surface area is 183 Å². The van der Waals surface area contributed by atoms with E-state index in [0.717, 1.165) is 0 Å². The quantitative estimate of drug-likeness (QED) is 0.238. The van der Waals surface area contributed by atoms with Crippen LogP contribution >= 0.6 is 0 Å². The number of rotatable bonds is 6. The standard InChI is InChI=1S/C22H22N4O6/c27-20(15-4-6-23-7-5-15)18-19(16-2-1-3-17(14-16)26(30)31)25(22(29)21(18)28)9-8-24-10-12-32-13-11-24/h1-7,14,19,27H,8-13H2. The predicted octanol–water partition coefficient (Wildman–Crippen LogP) is 1.74. The van der Waals surface area contributed by atoms with Crippen LogP contribution in [0, 0.1) is 10.1 Å². The minimum Gasteiger partial charge on any atom is -0.507 e. The molecule has 2 aliphatic heterocycles. The molecular weight excluding hydrogens is 416 g/mol. The molecule has 1 unspecified atom stereocenters. The van der Waals surface area contributed by atoms with E-state index in [1.807, 2.05) is 0 Å². The molecule has 1 N–H and O–H groups in total. The molecule has 1 atom stereocenters. The van der Waals surface area contributed by atoms with E-state index >= 15 is 0 Å².